The summed E-state index contributed by atoms with van der Waals surface area (Å²) in [6.45, 7) is 5.32. The predicted molar refractivity (Wildman–Crippen MR) is 114 cm³/mol. The molecular formula is C22H23F2N5O2. The lowest BCUT2D eigenvalue weighted by Gasteiger charge is -2.35. The summed E-state index contributed by atoms with van der Waals surface area (Å²) in [5, 5.41) is 2.93. The second-order valence-corrected chi connectivity index (χ2v) is 7.44. The number of benzene rings is 1. The normalized spacial score (nSPS) is 18.7. The molecule has 2 atom stereocenters. The van der Waals surface area contributed by atoms with Crippen molar-refractivity contribution in [3.05, 3.63) is 54.5 Å². The molecule has 7 nitrogen and oxygen atoms in total. The van der Waals surface area contributed by atoms with E-state index in [0.29, 0.717) is 36.2 Å². The molecule has 31 heavy (non-hydrogen) atoms. The highest BCUT2D eigenvalue weighted by Gasteiger charge is 2.24. The summed E-state index contributed by atoms with van der Waals surface area (Å²) >= 11 is 0. The second kappa shape index (κ2) is 8.81. The lowest BCUT2D eigenvalue weighted by Crippen LogP contribution is -2.46. The molecule has 162 valence electrons. The lowest BCUT2D eigenvalue weighted by molar-refractivity contribution is -0.00571. The molecule has 0 saturated carbocycles. The zero-order chi connectivity index (χ0) is 22.0. The number of ether oxygens (including phenoxy) is 2. The third kappa shape index (κ3) is 4.72. The molecule has 9 heteroatoms. The summed E-state index contributed by atoms with van der Waals surface area (Å²) in [6, 6.07) is 7.60. The highest BCUT2D eigenvalue weighted by atomic mass is 19.1. The van der Waals surface area contributed by atoms with Crippen LogP contribution in [0.15, 0.2) is 42.7 Å². The molecule has 0 spiro atoms. The molecule has 0 unspecified atom stereocenters. The summed E-state index contributed by atoms with van der Waals surface area (Å²) in [4.78, 5) is 14.6. The van der Waals surface area contributed by atoms with E-state index in [2.05, 4.69) is 20.3 Å². The van der Waals surface area contributed by atoms with Crippen molar-refractivity contribution >= 4 is 17.5 Å². The molecule has 0 amide bonds. The molecule has 1 saturated heterocycles. The zero-order valence-corrected chi connectivity index (χ0v) is 17.5. The van der Waals surface area contributed by atoms with Crippen LogP contribution in [0, 0.1) is 11.8 Å². The Labute approximate surface area is 179 Å². The first-order valence-electron chi connectivity index (χ1n) is 9.93. The van der Waals surface area contributed by atoms with Crippen LogP contribution in [0.1, 0.15) is 13.8 Å². The Morgan fingerprint density at radius 2 is 1.87 bits per heavy atom. The van der Waals surface area contributed by atoms with Crippen molar-refractivity contribution < 1.29 is 18.3 Å². The minimum Gasteiger partial charge on any atom is -0.497 e. The van der Waals surface area contributed by atoms with Crippen molar-refractivity contribution in [3.8, 4) is 16.9 Å². The van der Waals surface area contributed by atoms with E-state index >= 15 is 0 Å². The number of aromatic nitrogens is 3. The molecule has 0 aliphatic carbocycles. The Morgan fingerprint density at radius 1 is 1.10 bits per heavy atom. The number of halogens is 2. The summed E-state index contributed by atoms with van der Waals surface area (Å²) in [7, 11) is 1.46. The van der Waals surface area contributed by atoms with Crippen molar-refractivity contribution in [1.29, 1.82) is 0 Å². The predicted octanol–water partition coefficient (Wildman–Crippen LogP) is 4.18. The van der Waals surface area contributed by atoms with Gasteiger partial charge in [-0.3, -0.25) is 0 Å². The maximum absolute atomic E-state index is 14.4. The van der Waals surface area contributed by atoms with Crippen LogP contribution in [0.25, 0.3) is 11.1 Å². The van der Waals surface area contributed by atoms with Crippen LogP contribution in [0.3, 0.4) is 0 Å². The van der Waals surface area contributed by atoms with E-state index in [-0.39, 0.29) is 23.5 Å². The third-order valence-corrected chi connectivity index (χ3v) is 4.93. The van der Waals surface area contributed by atoms with Gasteiger partial charge in [-0.1, -0.05) is 0 Å². The number of hydrogen-bond acceptors (Lipinski definition) is 7. The van der Waals surface area contributed by atoms with Crippen LogP contribution < -0.4 is 15.0 Å². The first-order chi connectivity index (χ1) is 14.9. The largest absolute Gasteiger partial charge is 0.497 e. The maximum Gasteiger partial charge on any atom is 0.236 e. The number of hydrogen-bond donors (Lipinski definition) is 1. The first kappa shape index (κ1) is 20.9. The van der Waals surface area contributed by atoms with E-state index in [4.69, 9.17) is 9.47 Å². The number of nitrogens with one attached hydrogen (secondary N) is 1. The van der Waals surface area contributed by atoms with Crippen molar-refractivity contribution in [1.82, 2.24) is 15.0 Å². The van der Waals surface area contributed by atoms with E-state index < -0.39 is 11.8 Å². The van der Waals surface area contributed by atoms with Crippen LogP contribution in [0.5, 0.6) is 5.75 Å². The van der Waals surface area contributed by atoms with E-state index in [1.165, 1.54) is 25.4 Å². The Morgan fingerprint density at radius 3 is 2.58 bits per heavy atom. The van der Waals surface area contributed by atoms with Gasteiger partial charge in [-0.2, -0.15) is 9.37 Å². The van der Waals surface area contributed by atoms with Gasteiger partial charge >= 0.3 is 0 Å². The molecule has 1 aliphatic rings. The van der Waals surface area contributed by atoms with Crippen LogP contribution in [0.4, 0.5) is 26.2 Å². The van der Waals surface area contributed by atoms with Gasteiger partial charge in [0.2, 0.25) is 11.9 Å². The molecule has 4 rings (SSSR count). The van der Waals surface area contributed by atoms with Gasteiger partial charge in [0.1, 0.15) is 17.4 Å². The Kier molecular flexibility index (Phi) is 5.94. The Bertz CT molecular complexity index is 1070. The van der Waals surface area contributed by atoms with Gasteiger partial charge < -0.3 is 19.7 Å². The molecule has 1 aliphatic heterocycles. The molecule has 3 heterocycles. The minimum atomic E-state index is -0.716. The number of morpholine rings is 1. The number of nitrogens with zero attached hydrogens (tertiary/aromatic N) is 4. The average Bonchev–Trinajstić information content (AvgIpc) is 2.75. The standard InChI is InChI=1S/C22H23F2N5O2/c1-13-11-29(12-14(2)31-13)22-25-7-6-20(28-22)27-19-8-15(10-26-21(19)24)17-5-4-16(30-3)9-18(17)23/h4-10,13-14H,11-12H2,1-3H3,(H,25,27,28)/t13-,14+. The zero-order valence-electron chi connectivity index (χ0n) is 17.5. The van der Waals surface area contributed by atoms with E-state index in [9.17, 15) is 8.78 Å². The highest BCUT2D eigenvalue weighted by Crippen LogP contribution is 2.29. The molecule has 1 N–H and O–H groups in total. The minimum absolute atomic E-state index is 0.0571. The van der Waals surface area contributed by atoms with Crippen molar-refractivity contribution in [2.75, 3.05) is 30.4 Å². The Balaban J connectivity index is 1.59. The third-order valence-electron chi connectivity index (χ3n) is 4.93. The number of methoxy groups -OCH3 is 1. The average molecular weight is 427 g/mol. The molecule has 0 radical (unpaired) electrons. The number of rotatable bonds is 5. The van der Waals surface area contributed by atoms with Gasteiger partial charge in [0.05, 0.1) is 25.0 Å². The lowest BCUT2D eigenvalue weighted by atomic mass is 10.1. The van der Waals surface area contributed by atoms with E-state index in [1.807, 2.05) is 18.7 Å². The summed E-state index contributed by atoms with van der Waals surface area (Å²) in [5.74, 6) is 0.127. The van der Waals surface area contributed by atoms with Gasteiger partial charge in [-0.15, -0.1) is 0 Å². The molecule has 0 bridgehead atoms. The summed E-state index contributed by atoms with van der Waals surface area (Å²) in [5.41, 5.74) is 0.797. The van der Waals surface area contributed by atoms with Gasteiger partial charge in [-0.25, -0.2) is 14.4 Å². The van der Waals surface area contributed by atoms with Gasteiger partial charge in [0, 0.05) is 42.7 Å². The molecule has 3 aromatic rings. The van der Waals surface area contributed by atoms with Crippen LogP contribution in [-0.4, -0.2) is 47.4 Å². The van der Waals surface area contributed by atoms with Crippen molar-refractivity contribution in [3.63, 3.8) is 0 Å². The fraction of sp³-hybridized carbons (Fsp3) is 0.318. The molecule has 2 aromatic heterocycles. The monoisotopic (exact) mass is 427 g/mol. The second-order valence-electron chi connectivity index (χ2n) is 7.44. The van der Waals surface area contributed by atoms with Gasteiger partial charge in [0.25, 0.3) is 0 Å². The summed E-state index contributed by atoms with van der Waals surface area (Å²) in [6.07, 6.45) is 3.00. The van der Waals surface area contributed by atoms with Crippen LogP contribution in [0.2, 0.25) is 0 Å². The topological polar surface area (TPSA) is 72.4 Å². The molecular weight excluding hydrogens is 404 g/mol. The van der Waals surface area contributed by atoms with Crippen LogP contribution >= 0.6 is 0 Å². The molecule has 1 aromatic carbocycles. The van der Waals surface area contributed by atoms with Crippen LogP contribution in [-0.2, 0) is 4.74 Å². The highest BCUT2D eigenvalue weighted by molar-refractivity contribution is 5.70. The van der Waals surface area contributed by atoms with Gasteiger partial charge in [0.15, 0.2) is 0 Å². The first-order valence-corrected chi connectivity index (χ1v) is 9.93. The molecule has 1 fully saturated rings. The smallest absolute Gasteiger partial charge is 0.236 e. The SMILES string of the molecule is COc1ccc(-c2cnc(F)c(Nc3ccnc(N4C[C@@H](C)O[C@@H](C)C4)n3)c2)c(F)c1. The van der Waals surface area contributed by atoms with Gasteiger partial charge in [-0.05, 0) is 38.1 Å². The van der Waals surface area contributed by atoms with Crippen molar-refractivity contribution in [2.24, 2.45) is 0 Å². The van der Waals surface area contributed by atoms with E-state index in [1.54, 1.807) is 24.4 Å². The van der Waals surface area contributed by atoms with E-state index in [0.717, 1.165) is 0 Å². The Hall–Kier alpha value is -3.33. The number of anilines is 3. The quantitative estimate of drug-likeness (QED) is 0.613. The van der Waals surface area contributed by atoms with Crippen molar-refractivity contribution in [2.45, 2.75) is 26.1 Å². The fourth-order valence-electron chi connectivity index (χ4n) is 3.59. The fourth-order valence-corrected chi connectivity index (χ4v) is 3.59. The number of pyridine rings is 1. The summed E-state index contributed by atoms with van der Waals surface area (Å²) < 4.78 is 39.6. The maximum atomic E-state index is 14.4.